The molecule has 3 heteroatoms. The Kier molecular flexibility index (Phi) is 3.37. The third kappa shape index (κ3) is 1.55. The fourth-order valence-corrected chi connectivity index (χ4v) is 6.95. The molecule has 0 spiro atoms. The van der Waals surface area contributed by atoms with Gasteiger partial charge in [-0.3, -0.25) is 0 Å². The van der Waals surface area contributed by atoms with Crippen molar-refractivity contribution in [3.8, 4) is 0 Å². The molecule has 0 atom stereocenters. The number of allylic oxidation sites excluding steroid dienone is 4. The molecule has 74 valence electrons. The molecule has 0 saturated heterocycles. The Bertz CT molecular complexity index is 276. The van der Waals surface area contributed by atoms with Gasteiger partial charge in [-0.1, -0.05) is 0 Å². The van der Waals surface area contributed by atoms with Crippen molar-refractivity contribution in [2.24, 2.45) is 0 Å². The quantitative estimate of drug-likeness (QED) is 0.528. The molecule has 0 bridgehead atoms. The first-order valence-corrected chi connectivity index (χ1v) is 11.1. The first kappa shape index (κ1) is 11.8. The first-order chi connectivity index (χ1) is 5.83. The van der Waals surface area contributed by atoms with Crippen molar-refractivity contribution >= 4 is 34.1 Å². The molecule has 0 aliphatic heterocycles. The Morgan fingerprint density at radius 1 is 0.923 bits per heavy atom. The first-order valence-electron chi connectivity index (χ1n) is 4.37. The predicted molar refractivity (Wildman–Crippen MR) is 68.8 cm³/mol. The van der Waals surface area contributed by atoms with Crippen molar-refractivity contribution in [3.05, 3.63) is 22.3 Å². The summed E-state index contributed by atoms with van der Waals surface area (Å²) >= 11 is -1.32. The van der Waals surface area contributed by atoms with E-state index in [1.807, 2.05) is 0 Å². The van der Waals surface area contributed by atoms with Gasteiger partial charge in [0.15, 0.2) is 0 Å². The van der Waals surface area contributed by atoms with Gasteiger partial charge in [0.25, 0.3) is 0 Å². The van der Waals surface area contributed by atoms with Gasteiger partial charge >= 0.3 is 95.2 Å². The second-order valence-corrected chi connectivity index (χ2v) is 12.7. The summed E-state index contributed by atoms with van der Waals surface area (Å²) in [6.45, 7) is 11.2. The zero-order chi connectivity index (χ0) is 10.4. The molecule has 0 fully saturated rings. The number of thiol groups is 2. The van der Waals surface area contributed by atoms with Gasteiger partial charge in [0, 0.05) is 0 Å². The van der Waals surface area contributed by atoms with Crippen LogP contribution < -0.4 is 0 Å². The van der Waals surface area contributed by atoms with Crippen molar-refractivity contribution in [3.63, 3.8) is 0 Å². The van der Waals surface area contributed by atoms with E-state index in [9.17, 15) is 0 Å². The van der Waals surface area contributed by atoms with Crippen LogP contribution in [-0.4, -0.2) is 12.3 Å². The zero-order valence-corrected chi connectivity index (χ0v) is 12.5. The SMILES string of the molecule is CC1=C(C)C(C)([As](S)S)C(C)=C1C. The molecule has 1 rings (SSSR count). The van der Waals surface area contributed by atoms with E-state index in [2.05, 4.69) is 56.4 Å². The Balaban J connectivity index is 3.31. The van der Waals surface area contributed by atoms with E-state index in [1.165, 1.54) is 22.3 Å². The van der Waals surface area contributed by atoms with E-state index in [0.717, 1.165) is 0 Å². The Morgan fingerprint density at radius 2 is 1.23 bits per heavy atom. The van der Waals surface area contributed by atoms with Crippen LogP contribution in [0.5, 0.6) is 0 Å². The van der Waals surface area contributed by atoms with Crippen LogP contribution in [0.4, 0.5) is 0 Å². The predicted octanol–water partition coefficient (Wildman–Crippen LogP) is 3.78. The van der Waals surface area contributed by atoms with Crippen LogP contribution in [0, 0.1) is 0 Å². The summed E-state index contributed by atoms with van der Waals surface area (Å²) in [7, 11) is 9.24. The average Bonchev–Trinajstić information content (AvgIpc) is 2.22. The van der Waals surface area contributed by atoms with Crippen molar-refractivity contribution in [1.82, 2.24) is 0 Å². The summed E-state index contributed by atoms with van der Waals surface area (Å²) in [6, 6.07) is 0. The fraction of sp³-hybridized carbons (Fsp3) is 0.600. The Labute approximate surface area is 94.9 Å². The molecular formula is C10H17AsS2. The molecule has 0 aromatic rings. The summed E-state index contributed by atoms with van der Waals surface area (Å²) in [5.74, 6) is 0. The molecule has 0 radical (unpaired) electrons. The maximum atomic E-state index is 4.62. The molecule has 0 amide bonds. The molecule has 1 aliphatic carbocycles. The average molecular weight is 276 g/mol. The molecule has 13 heavy (non-hydrogen) atoms. The molecule has 0 aromatic heterocycles. The summed E-state index contributed by atoms with van der Waals surface area (Å²) < 4.78 is 0.188. The van der Waals surface area contributed by atoms with E-state index >= 15 is 0 Å². The van der Waals surface area contributed by atoms with E-state index in [-0.39, 0.29) is 4.20 Å². The van der Waals surface area contributed by atoms with Crippen molar-refractivity contribution in [1.29, 1.82) is 0 Å². The van der Waals surface area contributed by atoms with Crippen LogP contribution in [-0.2, 0) is 0 Å². The van der Waals surface area contributed by atoms with Crippen molar-refractivity contribution < 1.29 is 0 Å². The van der Waals surface area contributed by atoms with Crippen LogP contribution in [0.15, 0.2) is 22.3 Å². The van der Waals surface area contributed by atoms with Gasteiger partial charge < -0.3 is 0 Å². The normalized spacial score (nSPS) is 22.2. The third-order valence-electron chi connectivity index (χ3n) is 3.55. The van der Waals surface area contributed by atoms with Crippen LogP contribution in [0.2, 0.25) is 4.20 Å². The van der Waals surface area contributed by atoms with Gasteiger partial charge in [-0.25, -0.2) is 0 Å². The molecule has 0 nitrogen and oxygen atoms in total. The van der Waals surface area contributed by atoms with E-state index < -0.39 is 12.3 Å². The van der Waals surface area contributed by atoms with Crippen LogP contribution in [0.1, 0.15) is 34.6 Å². The topological polar surface area (TPSA) is 0 Å². The molecule has 0 N–H and O–H groups in total. The number of hydrogen-bond acceptors (Lipinski definition) is 2. The summed E-state index contributed by atoms with van der Waals surface area (Å²) in [6.07, 6.45) is 0. The van der Waals surface area contributed by atoms with Gasteiger partial charge in [-0.2, -0.15) is 0 Å². The Morgan fingerprint density at radius 3 is 1.38 bits per heavy atom. The van der Waals surface area contributed by atoms with Gasteiger partial charge in [-0.05, 0) is 0 Å². The van der Waals surface area contributed by atoms with Gasteiger partial charge in [0.05, 0.1) is 0 Å². The van der Waals surface area contributed by atoms with Crippen LogP contribution >= 0.6 is 21.8 Å². The van der Waals surface area contributed by atoms with Crippen molar-refractivity contribution in [2.45, 2.75) is 38.8 Å². The summed E-state index contributed by atoms with van der Waals surface area (Å²) in [5.41, 5.74) is 5.85. The van der Waals surface area contributed by atoms with Gasteiger partial charge in [-0.15, -0.1) is 0 Å². The van der Waals surface area contributed by atoms with E-state index in [1.54, 1.807) is 0 Å². The number of hydrogen-bond donors (Lipinski definition) is 2. The molecule has 1 aliphatic rings. The van der Waals surface area contributed by atoms with E-state index in [0.29, 0.717) is 0 Å². The fourth-order valence-electron chi connectivity index (χ4n) is 1.87. The second kappa shape index (κ2) is 3.71. The van der Waals surface area contributed by atoms with Gasteiger partial charge in [0.1, 0.15) is 0 Å². The molecule has 0 unspecified atom stereocenters. The standard InChI is InChI=1S/C10H17AsS2/c1-6-7(2)9(4)10(5,8(6)3)11(12)13/h12-13H,1-5H3. The van der Waals surface area contributed by atoms with Crippen molar-refractivity contribution in [2.75, 3.05) is 0 Å². The van der Waals surface area contributed by atoms with Crippen LogP contribution in [0.25, 0.3) is 0 Å². The van der Waals surface area contributed by atoms with E-state index in [4.69, 9.17) is 0 Å². The summed E-state index contributed by atoms with van der Waals surface area (Å²) in [4.78, 5) is 0. The maximum absolute atomic E-state index is 4.62. The monoisotopic (exact) mass is 276 g/mol. The molecule has 0 saturated carbocycles. The zero-order valence-electron chi connectivity index (χ0n) is 8.84. The molecule has 0 heterocycles. The van der Waals surface area contributed by atoms with Gasteiger partial charge in [0.2, 0.25) is 0 Å². The van der Waals surface area contributed by atoms with Crippen LogP contribution in [0.3, 0.4) is 0 Å². The Hall–Kier alpha value is 0.738. The molecule has 0 aromatic carbocycles. The minimum atomic E-state index is -1.32. The summed E-state index contributed by atoms with van der Waals surface area (Å²) in [5, 5.41) is 0. The number of rotatable bonds is 1. The second-order valence-electron chi connectivity index (χ2n) is 3.86. The minimum absolute atomic E-state index is 0.188. The molecular weight excluding hydrogens is 259 g/mol. The third-order valence-corrected chi connectivity index (χ3v) is 10.8.